The molecule has 0 amide bonds. The van der Waals surface area contributed by atoms with Crippen molar-refractivity contribution in [1.29, 1.82) is 0 Å². The number of nitrogens with zero attached hydrogens (tertiary/aromatic N) is 1. The first kappa shape index (κ1) is 22.1. The quantitative estimate of drug-likeness (QED) is 0.741. The Hall–Kier alpha value is 0.130. The molecule has 6 heteroatoms. The Morgan fingerprint density at radius 2 is 1.82 bits per heavy atom. The second kappa shape index (κ2) is 10.8. The number of piperazine rings is 1. The van der Waals surface area contributed by atoms with E-state index in [2.05, 4.69) is 46.1 Å². The summed E-state index contributed by atoms with van der Waals surface area (Å²) in [6.45, 7) is 8.63. The minimum absolute atomic E-state index is 0. The molecular weight excluding hydrogens is 390 g/mol. The first-order chi connectivity index (χ1) is 9.58. The Bertz CT molecular complexity index is 440. The number of nitrogens with one attached hydrogen (secondary N) is 1. The topological polar surface area (TPSA) is 15.3 Å². The van der Waals surface area contributed by atoms with Gasteiger partial charge >= 0.3 is 0 Å². The Balaban J connectivity index is 0.00000220. The molecule has 128 valence electrons. The second-order valence-corrected chi connectivity index (χ2v) is 6.80. The molecule has 1 aromatic rings. The van der Waals surface area contributed by atoms with Crippen LogP contribution in [0.1, 0.15) is 38.3 Å². The summed E-state index contributed by atoms with van der Waals surface area (Å²) in [5.41, 5.74) is 1.10. The Labute approximate surface area is 154 Å². The van der Waals surface area contributed by atoms with Crippen molar-refractivity contribution in [3.63, 3.8) is 0 Å². The Morgan fingerprint density at radius 1 is 1.18 bits per heavy atom. The molecule has 0 bridgehead atoms. The van der Waals surface area contributed by atoms with Crippen molar-refractivity contribution in [3.05, 3.63) is 34.1 Å². The van der Waals surface area contributed by atoms with Crippen molar-refractivity contribution >= 4 is 40.7 Å². The number of hydrogen-bond acceptors (Lipinski definition) is 2. The normalized spacial score (nSPS) is 16.8. The minimum atomic E-state index is -0.160. The fourth-order valence-electron chi connectivity index (χ4n) is 2.76. The van der Waals surface area contributed by atoms with Gasteiger partial charge in [-0.15, -0.1) is 24.8 Å². The summed E-state index contributed by atoms with van der Waals surface area (Å²) in [4.78, 5) is 2.49. The van der Waals surface area contributed by atoms with Crippen molar-refractivity contribution in [1.82, 2.24) is 10.2 Å². The third-order valence-corrected chi connectivity index (χ3v) is 4.58. The molecule has 1 heterocycles. The Kier molecular flexibility index (Phi) is 10.9. The van der Waals surface area contributed by atoms with Crippen molar-refractivity contribution in [3.8, 4) is 0 Å². The van der Waals surface area contributed by atoms with Crippen LogP contribution in [-0.2, 0) is 0 Å². The van der Waals surface area contributed by atoms with Gasteiger partial charge in [-0.25, -0.2) is 4.39 Å². The summed E-state index contributed by atoms with van der Waals surface area (Å²) in [7, 11) is 0. The molecule has 0 aromatic heterocycles. The van der Waals surface area contributed by atoms with Crippen LogP contribution in [0.3, 0.4) is 0 Å². The molecule has 1 N–H and O–H groups in total. The van der Waals surface area contributed by atoms with E-state index in [4.69, 9.17) is 0 Å². The van der Waals surface area contributed by atoms with Gasteiger partial charge in [0.05, 0.1) is 4.47 Å². The van der Waals surface area contributed by atoms with Crippen molar-refractivity contribution in [2.75, 3.05) is 26.2 Å². The van der Waals surface area contributed by atoms with Gasteiger partial charge in [-0.3, -0.25) is 4.90 Å². The van der Waals surface area contributed by atoms with Crippen LogP contribution < -0.4 is 5.32 Å². The summed E-state index contributed by atoms with van der Waals surface area (Å²) in [5.74, 6) is 0.521. The van der Waals surface area contributed by atoms with Gasteiger partial charge in [-0.2, -0.15) is 0 Å². The molecule has 0 unspecified atom stereocenters. The number of halogens is 4. The zero-order valence-corrected chi connectivity index (χ0v) is 16.4. The van der Waals surface area contributed by atoms with E-state index in [1.165, 1.54) is 6.42 Å². The average Bonchev–Trinajstić information content (AvgIpc) is 2.44. The van der Waals surface area contributed by atoms with E-state index in [0.717, 1.165) is 38.2 Å². The molecule has 1 aliphatic rings. The highest BCUT2D eigenvalue weighted by Crippen LogP contribution is 2.30. The van der Waals surface area contributed by atoms with Crippen LogP contribution in [0.2, 0.25) is 0 Å². The molecule has 0 radical (unpaired) electrons. The van der Waals surface area contributed by atoms with Crippen LogP contribution in [0.4, 0.5) is 4.39 Å². The predicted molar refractivity (Wildman–Crippen MR) is 99.9 cm³/mol. The van der Waals surface area contributed by atoms with Crippen LogP contribution in [0.15, 0.2) is 22.7 Å². The maximum atomic E-state index is 13.8. The number of hydrogen-bond donors (Lipinski definition) is 1. The zero-order chi connectivity index (χ0) is 14.5. The summed E-state index contributed by atoms with van der Waals surface area (Å²) in [6, 6.07) is 5.91. The molecule has 1 aliphatic heterocycles. The molecule has 1 fully saturated rings. The van der Waals surface area contributed by atoms with E-state index in [1.807, 2.05) is 6.07 Å². The standard InChI is InChI=1S/C16H24BrFN2.2ClH/c1-12(2)3-6-16(20-9-7-19-8-10-20)13-4-5-14(17)15(18)11-13;;/h4-5,11-12,16,19H,3,6-10H2,1-2H3;2*1H/t16-;;/m0../s1. The van der Waals surface area contributed by atoms with Gasteiger partial charge in [0.2, 0.25) is 0 Å². The Morgan fingerprint density at radius 3 is 2.36 bits per heavy atom. The predicted octanol–water partition coefficient (Wildman–Crippen LogP) is 4.81. The summed E-state index contributed by atoms with van der Waals surface area (Å²) in [6.07, 6.45) is 2.27. The van der Waals surface area contributed by atoms with Gasteiger partial charge in [0.25, 0.3) is 0 Å². The van der Waals surface area contributed by atoms with E-state index in [1.54, 1.807) is 6.07 Å². The molecule has 0 aliphatic carbocycles. The van der Waals surface area contributed by atoms with Crippen molar-refractivity contribution in [2.45, 2.75) is 32.7 Å². The molecule has 22 heavy (non-hydrogen) atoms. The SMILES string of the molecule is CC(C)CC[C@@H](c1ccc(Br)c(F)c1)N1CCNCC1.Cl.Cl. The third-order valence-electron chi connectivity index (χ3n) is 3.94. The maximum Gasteiger partial charge on any atom is 0.137 e. The lowest BCUT2D eigenvalue weighted by Gasteiger charge is -2.35. The first-order valence-electron chi connectivity index (χ1n) is 7.47. The number of benzene rings is 1. The summed E-state index contributed by atoms with van der Waals surface area (Å²) < 4.78 is 14.4. The summed E-state index contributed by atoms with van der Waals surface area (Å²) >= 11 is 3.24. The average molecular weight is 416 g/mol. The first-order valence-corrected chi connectivity index (χ1v) is 8.27. The van der Waals surface area contributed by atoms with Gasteiger partial charge in [-0.05, 0) is 52.4 Å². The van der Waals surface area contributed by atoms with Gasteiger partial charge in [0.15, 0.2) is 0 Å². The monoisotopic (exact) mass is 414 g/mol. The lowest BCUT2D eigenvalue weighted by molar-refractivity contribution is 0.159. The van der Waals surface area contributed by atoms with Crippen LogP contribution in [0, 0.1) is 11.7 Å². The zero-order valence-electron chi connectivity index (χ0n) is 13.1. The van der Waals surface area contributed by atoms with Gasteiger partial charge in [-0.1, -0.05) is 19.9 Å². The van der Waals surface area contributed by atoms with Gasteiger partial charge in [0.1, 0.15) is 5.82 Å². The van der Waals surface area contributed by atoms with E-state index in [0.29, 0.717) is 16.4 Å². The number of rotatable bonds is 5. The van der Waals surface area contributed by atoms with Gasteiger partial charge in [0, 0.05) is 32.2 Å². The fourth-order valence-corrected chi connectivity index (χ4v) is 3.01. The molecule has 0 spiro atoms. The highest BCUT2D eigenvalue weighted by Gasteiger charge is 2.22. The molecular formula is C16H26BrCl2FN2. The van der Waals surface area contributed by atoms with Gasteiger partial charge < -0.3 is 5.32 Å². The van der Waals surface area contributed by atoms with Crippen molar-refractivity contribution in [2.24, 2.45) is 5.92 Å². The largest absolute Gasteiger partial charge is 0.314 e. The molecule has 0 saturated carbocycles. The lowest BCUT2D eigenvalue weighted by atomic mass is 9.95. The molecule has 2 rings (SSSR count). The van der Waals surface area contributed by atoms with Crippen LogP contribution in [0.25, 0.3) is 0 Å². The van der Waals surface area contributed by atoms with E-state index in [-0.39, 0.29) is 30.6 Å². The van der Waals surface area contributed by atoms with E-state index in [9.17, 15) is 4.39 Å². The van der Waals surface area contributed by atoms with E-state index < -0.39 is 0 Å². The molecule has 1 aromatic carbocycles. The smallest absolute Gasteiger partial charge is 0.137 e. The van der Waals surface area contributed by atoms with E-state index >= 15 is 0 Å². The molecule has 2 nitrogen and oxygen atoms in total. The highest BCUT2D eigenvalue weighted by atomic mass is 79.9. The maximum absolute atomic E-state index is 13.8. The second-order valence-electron chi connectivity index (χ2n) is 5.95. The van der Waals surface area contributed by atoms with Crippen LogP contribution >= 0.6 is 40.7 Å². The third kappa shape index (κ3) is 6.32. The van der Waals surface area contributed by atoms with Crippen LogP contribution in [-0.4, -0.2) is 31.1 Å². The fraction of sp³-hybridized carbons (Fsp3) is 0.625. The highest BCUT2D eigenvalue weighted by molar-refractivity contribution is 9.10. The van der Waals surface area contributed by atoms with Crippen LogP contribution in [0.5, 0.6) is 0 Å². The molecule has 1 saturated heterocycles. The summed E-state index contributed by atoms with van der Waals surface area (Å²) in [5, 5.41) is 3.38. The van der Waals surface area contributed by atoms with Crippen molar-refractivity contribution < 1.29 is 4.39 Å². The minimum Gasteiger partial charge on any atom is -0.314 e. The molecule has 1 atom stereocenters. The lowest BCUT2D eigenvalue weighted by Crippen LogP contribution is -2.45.